The standard InChI is InChI=1S/C20H18BrN5O5S/c21-15-3-7-18(8-4-15)32(29,30)25-13-17-6-5-16(31-17)12-24-26-20(28)19(27)23-11-14-2-1-9-22-10-14/h1-10,12,25H,11,13H2,(H,23,27)(H,26,28)/b24-12+. The highest BCUT2D eigenvalue weighted by atomic mass is 79.9. The first-order chi connectivity index (χ1) is 15.3. The van der Waals surface area contributed by atoms with Gasteiger partial charge in [0.25, 0.3) is 0 Å². The van der Waals surface area contributed by atoms with Gasteiger partial charge in [-0.3, -0.25) is 14.6 Å². The van der Waals surface area contributed by atoms with Crippen molar-refractivity contribution in [3.63, 3.8) is 0 Å². The highest BCUT2D eigenvalue weighted by Gasteiger charge is 2.15. The third kappa shape index (κ3) is 6.83. The topological polar surface area (TPSA) is 143 Å². The van der Waals surface area contributed by atoms with Gasteiger partial charge in [-0.25, -0.2) is 18.6 Å². The lowest BCUT2D eigenvalue weighted by atomic mass is 10.3. The molecule has 0 spiro atoms. The minimum atomic E-state index is -3.70. The predicted molar refractivity (Wildman–Crippen MR) is 119 cm³/mol. The van der Waals surface area contributed by atoms with Gasteiger partial charge < -0.3 is 9.73 Å². The molecule has 10 nitrogen and oxygen atoms in total. The highest BCUT2D eigenvalue weighted by Crippen LogP contribution is 2.15. The van der Waals surface area contributed by atoms with Crippen LogP contribution >= 0.6 is 15.9 Å². The van der Waals surface area contributed by atoms with E-state index in [4.69, 9.17) is 4.42 Å². The number of hydrogen-bond acceptors (Lipinski definition) is 7. The van der Waals surface area contributed by atoms with Crippen LogP contribution in [0.2, 0.25) is 0 Å². The van der Waals surface area contributed by atoms with E-state index in [1.165, 1.54) is 18.3 Å². The molecule has 0 aliphatic heterocycles. The zero-order chi connectivity index (χ0) is 23.0. The van der Waals surface area contributed by atoms with Crippen molar-refractivity contribution in [2.75, 3.05) is 0 Å². The first-order valence-electron chi connectivity index (χ1n) is 9.17. The lowest BCUT2D eigenvalue weighted by Gasteiger charge is -2.05. The Morgan fingerprint density at radius 3 is 2.56 bits per heavy atom. The van der Waals surface area contributed by atoms with E-state index in [9.17, 15) is 18.0 Å². The lowest BCUT2D eigenvalue weighted by Crippen LogP contribution is -2.37. The SMILES string of the molecule is O=C(NCc1cccnc1)C(=O)N/N=C/c1ccc(CNS(=O)(=O)c2ccc(Br)cc2)o1. The molecule has 0 aliphatic carbocycles. The zero-order valence-corrected chi connectivity index (χ0v) is 18.9. The number of benzene rings is 1. The third-order valence-electron chi connectivity index (χ3n) is 3.98. The molecule has 0 atom stereocenters. The van der Waals surface area contributed by atoms with Crippen LogP contribution in [0.1, 0.15) is 17.1 Å². The number of nitrogens with zero attached hydrogens (tertiary/aromatic N) is 2. The van der Waals surface area contributed by atoms with Crippen LogP contribution in [0.5, 0.6) is 0 Å². The van der Waals surface area contributed by atoms with Crippen LogP contribution in [0.4, 0.5) is 0 Å². The molecule has 0 unspecified atom stereocenters. The molecule has 1 aromatic carbocycles. The number of aromatic nitrogens is 1. The number of nitrogens with one attached hydrogen (secondary N) is 3. The molecule has 3 N–H and O–H groups in total. The van der Waals surface area contributed by atoms with Crippen molar-refractivity contribution in [1.29, 1.82) is 0 Å². The Bertz CT molecular complexity index is 1210. The van der Waals surface area contributed by atoms with Gasteiger partial charge in [0.1, 0.15) is 11.5 Å². The summed E-state index contributed by atoms with van der Waals surface area (Å²) >= 11 is 3.25. The fraction of sp³-hybridized carbons (Fsp3) is 0.100. The number of furan rings is 1. The quantitative estimate of drug-likeness (QED) is 0.234. The Hall–Kier alpha value is -3.35. The normalized spacial score (nSPS) is 11.4. The van der Waals surface area contributed by atoms with E-state index in [0.717, 1.165) is 10.0 Å². The number of rotatable bonds is 8. The maximum Gasteiger partial charge on any atom is 0.329 e. The summed E-state index contributed by atoms with van der Waals surface area (Å²) in [6, 6.07) is 12.8. The average molecular weight is 520 g/mol. The van der Waals surface area contributed by atoms with E-state index in [1.807, 2.05) is 0 Å². The van der Waals surface area contributed by atoms with Crippen molar-refractivity contribution in [2.45, 2.75) is 18.0 Å². The molecule has 166 valence electrons. The minimum Gasteiger partial charge on any atom is -0.459 e. The number of hydrazone groups is 1. The van der Waals surface area contributed by atoms with E-state index < -0.39 is 21.8 Å². The predicted octanol–water partition coefficient (Wildman–Crippen LogP) is 1.68. The van der Waals surface area contributed by atoms with Crippen LogP contribution in [0.25, 0.3) is 0 Å². The number of hydrogen-bond donors (Lipinski definition) is 3. The van der Waals surface area contributed by atoms with Gasteiger partial charge in [-0.1, -0.05) is 22.0 Å². The summed E-state index contributed by atoms with van der Waals surface area (Å²) in [7, 11) is -3.70. The monoisotopic (exact) mass is 519 g/mol. The summed E-state index contributed by atoms with van der Waals surface area (Å²) in [6.07, 6.45) is 4.37. The molecule has 2 aromatic heterocycles. The summed E-state index contributed by atoms with van der Waals surface area (Å²) in [5.41, 5.74) is 2.83. The Kier molecular flexibility index (Phi) is 7.87. The number of halogens is 1. The van der Waals surface area contributed by atoms with E-state index in [2.05, 4.69) is 41.5 Å². The molecular weight excluding hydrogens is 502 g/mol. The number of sulfonamides is 1. The van der Waals surface area contributed by atoms with Gasteiger partial charge in [0, 0.05) is 23.4 Å². The molecule has 0 aliphatic rings. The lowest BCUT2D eigenvalue weighted by molar-refractivity contribution is -0.139. The van der Waals surface area contributed by atoms with Crippen molar-refractivity contribution in [3.05, 3.63) is 82.5 Å². The van der Waals surface area contributed by atoms with Gasteiger partial charge in [-0.05, 0) is 48.0 Å². The number of carbonyl (C=O) groups excluding carboxylic acids is 2. The molecule has 0 bridgehead atoms. The molecule has 0 radical (unpaired) electrons. The van der Waals surface area contributed by atoms with E-state index in [1.54, 1.807) is 48.8 Å². The third-order valence-corrected chi connectivity index (χ3v) is 5.93. The fourth-order valence-electron chi connectivity index (χ4n) is 2.39. The Labute approximate surface area is 192 Å². The molecule has 0 fully saturated rings. The smallest absolute Gasteiger partial charge is 0.329 e. The van der Waals surface area contributed by atoms with E-state index in [-0.39, 0.29) is 23.7 Å². The Morgan fingerprint density at radius 2 is 1.84 bits per heavy atom. The fourth-order valence-corrected chi connectivity index (χ4v) is 3.65. The first-order valence-corrected chi connectivity index (χ1v) is 11.5. The largest absolute Gasteiger partial charge is 0.459 e. The number of pyridine rings is 1. The van der Waals surface area contributed by atoms with E-state index >= 15 is 0 Å². The molecule has 2 amide bonds. The summed E-state index contributed by atoms with van der Waals surface area (Å²) in [5.74, 6) is -1.20. The summed E-state index contributed by atoms with van der Waals surface area (Å²) in [4.78, 5) is 27.6. The van der Waals surface area contributed by atoms with Crippen molar-refractivity contribution in [2.24, 2.45) is 5.10 Å². The number of carbonyl (C=O) groups is 2. The van der Waals surface area contributed by atoms with Crippen molar-refractivity contribution >= 4 is 44.0 Å². The van der Waals surface area contributed by atoms with Crippen molar-refractivity contribution in [3.8, 4) is 0 Å². The van der Waals surface area contributed by atoms with Crippen LogP contribution in [0.3, 0.4) is 0 Å². The van der Waals surface area contributed by atoms with E-state index in [0.29, 0.717) is 5.76 Å². The summed E-state index contributed by atoms with van der Waals surface area (Å²) in [6.45, 7) is 0.0802. The maximum absolute atomic E-state index is 12.3. The average Bonchev–Trinajstić information content (AvgIpc) is 3.25. The minimum absolute atomic E-state index is 0.0741. The van der Waals surface area contributed by atoms with Crippen LogP contribution < -0.4 is 15.5 Å². The second-order valence-corrected chi connectivity index (χ2v) is 9.01. The molecule has 3 rings (SSSR count). The molecule has 32 heavy (non-hydrogen) atoms. The van der Waals surface area contributed by atoms with Crippen molar-refractivity contribution in [1.82, 2.24) is 20.4 Å². The van der Waals surface area contributed by atoms with Gasteiger partial charge in [0.2, 0.25) is 10.0 Å². The molecule has 12 heteroatoms. The van der Waals surface area contributed by atoms with Gasteiger partial charge in [-0.2, -0.15) is 5.10 Å². The van der Waals surface area contributed by atoms with Crippen LogP contribution in [-0.4, -0.2) is 31.4 Å². The Morgan fingerprint density at radius 1 is 1.06 bits per heavy atom. The van der Waals surface area contributed by atoms with Crippen LogP contribution in [0, 0.1) is 0 Å². The van der Waals surface area contributed by atoms with Gasteiger partial charge in [-0.15, -0.1) is 0 Å². The van der Waals surface area contributed by atoms with Crippen LogP contribution in [0.15, 0.2) is 79.8 Å². The molecule has 0 saturated carbocycles. The second-order valence-electron chi connectivity index (χ2n) is 6.33. The second kappa shape index (κ2) is 10.8. The Balaban J connectivity index is 1.46. The molecule has 3 aromatic rings. The van der Waals surface area contributed by atoms with Gasteiger partial charge in [0.15, 0.2) is 0 Å². The van der Waals surface area contributed by atoms with Gasteiger partial charge in [0.05, 0.1) is 17.7 Å². The molecule has 2 heterocycles. The van der Waals surface area contributed by atoms with Crippen LogP contribution in [-0.2, 0) is 32.7 Å². The van der Waals surface area contributed by atoms with Crippen molar-refractivity contribution < 1.29 is 22.4 Å². The highest BCUT2D eigenvalue weighted by molar-refractivity contribution is 9.10. The maximum atomic E-state index is 12.3. The molecule has 0 saturated heterocycles. The summed E-state index contributed by atoms with van der Waals surface area (Å²) in [5, 5.41) is 6.10. The number of amides is 2. The molecular formula is C20H18BrN5O5S. The first kappa shape index (κ1) is 23.3. The zero-order valence-electron chi connectivity index (χ0n) is 16.5. The summed E-state index contributed by atoms with van der Waals surface area (Å²) < 4.78 is 33.2. The van der Waals surface area contributed by atoms with Gasteiger partial charge >= 0.3 is 11.8 Å².